The third kappa shape index (κ3) is 3.62. The topological polar surface area (TPSA) is 89.6 Å². The van der Waals surface area contributed by atoms with Crippen LogP contribution in [0.2, 0.25) is 0 Å². The molecule has 7 heteroatoms. The molecule has 0 atom stereocenters. The van der Waals surface area contributed by atoms with E-state index in [0.29, 0.717) is 28.6 Å². The van der Waals surface area contributed by atoms with Crippen molar-refractivity contribution in [1.29, 1.82) is 0 Å². The standard InChI is InChI=1S/C17H17N3O4/c1-10(2)24-16-6-3-11(8-18-16)17(22)19-12-4-5-14-13(7-12)20-15(21)9-23-14/h3-8,10H,9H2,1-2H3,(H,19,22)(H,20,21). The summed E-state index contributed by atoms with van der Waals surface area (Å²) >= 11 is 0. The van der Waals surface area contributed by atoms with E-state index >= 15 is 0 Å². The maximum atomic E-state index is 12.3. The van der Waals surface area contributed by atoms with Gasteiger partial charge in [0, 0.05) is 18.0 Å². The molecule has 1 aromatic carbocycles. The summed E-state index contributed by atoms with van der Waals surface area (Å²) in [6, 6.07) is 8.34. The number of rotatable bonds is 4. The van der Waals surface area contributed by atoms with Crippen molar-refractivity contribution in [2.24, 2.45) is 0 Å². The molecule has 24 heavy (non-hydrogen) atoms. The largest absolute Gasteiger partial charge is 0.482 e. The molecule has 0 saturated heterocycles. The fraction of sp³-hybridized carbons (Fsp3) is 0.235. The van der Waals surface area contributed by atoms with E-state index in [1.807, 2.05) is 13.8 Å². The summed E-state index contributed by atoms with van der Waals surface area (Å²) in [4.78, 5) is 27.7. The second-order valence-corrected chi connectivity index (χ2v) is 5.55. The van der Waals surface area contributed by atoms with Gasteiger partial charge in [0.1, 0.15) is 5.75 Å². The molecule has 0 saturated carbocycles. The molecule has 1 aromatic heterocycles. The van der Waals surface area contributed by atoms with Crippen LogP contribution in [-0.4, -0.2) is 29.5 Å². The predicted molar refractivity (Wildman–Crippen MR) is 88.5 cm³/mol. The molecule has 3 rings (SSSR count). The summed E-state index contributed by atoms with van der Waals surface area (Å²) < 4.78 is 10.7. The van der Waals surface area contributed by atoms with Gasteiger partial charge in [-0.2, -0.15) is 0 Å². The molecule has 2 N–H and O–H groups in total. The maximum Gasteiger partial charge on any atom is 0.262 e. The summed E-state index contributed by atoms with van der Waals surface area (Å²) in [7, 11) is 0. The Morgan fingerprint density at radius 3 is 2.88 bits per heavy atom. The molecule has 0 spiro atoms. The number of pyridine rings is 1. The van der Waals surface area contributed by atoms with Crippen LogP contribution in [0.1, 0.15) is 24.2 Å². The van der Waals surface area contributed by atoms with E-state index in [-0.39, 0.29) is 24.5 Å². The normalized spacial score (nSPS) is 12.9. The Balaban J connectivity index is 1.70. The zero-order valence-corrected chi connectivity index (χ0v) is 13.3. The Kier molecular flexibility index (Phi) is 4.33. The third-order valence-electron chi connectivity index (χ3n) is 3.23. The van der Waals surface area contributed by atoms with Crippen molar-refractivity contribution in [3.05, 3.63) is 42.1 Å². The third-order valence-corrected chi connectivity index (χ3v) is 3.23. The highest BCUT2D eigenvalue weighted by atomic mass is 16.5. The van der Waals surface area contributed by atoms with Crippen molar-refractivity contribution in [3.63, 3.8) is 0 Å². The van der Waals surface area contributed by atoms with Crippen molar-refractivity contribution in [2.75, 3.05) is 17.2 Å². The van der Waals surface area contributed by atoms with Crippen molar-refractivity contribution in [1.82, 2.24) is 4.98 Å². The van der Waals surface area contributed by atoms with Crippen LogP contribution in [0.3, 0.4) is 0 Å². The fourth-order valence-corrected chi connectivity index (χ4v) is 2.19. The van der Waals surface area contributed by atoms with Gasteiger partial charge in [-0.1, -0.05) is 0 Å². The lowest BCUT2D eigenvalue weighted by atomic mass is 10.2. The molecular formula is C17H17N3O4. The highest BCUT2D eigenvalue weighted by Gasteiger charge is 2.16. The van der Waals surface area contributed by atoms with Crippen molar-refractivity contribution in [2.45, 2.75) is 20.0 Å². The Labute approximate surface area is 139 Å². The van der Waals surface area contributed by atoms with Gasteiger partial charge in [-0.15, -0.1) is 0 Å². The summed E-state index contributed by atoms with van der Waals surface area (Å²) in [5, 5.41) is 5.45. The number of ether oxygens (including phenoxy) is 2. The molecule has 124 valence electrons. The molecule has 7 nitrogen and oxygen atoms in total. The van der Waals surface area contributed by atoms with E-state index in [9.17, 15) is 9.59 Å². The van der Waals surface area contributed by atoms with Gasteiger partial charge in [-0.05, 0) is 38.1 Å². The van der Waals surface area contributed by atoms with Crippen LogP contribution in [0.5, 0.6) is 11.6 Å². The van der Waals surface area contributed by atoms with Crippen LogP contribution in [0, 0.1) is 0 Å². The van der Waals surface area contributed by atoms with Gasteiger partial charge < -0.3 is 20.1 Å². The molecule has 0 radical (unpaired) electrons. The van der Waals surface area contributed by atoms with Gasteiger partial charge in [0.15, 0.2) is 6.61 Å². The lowest BCUT2D eigenvalue weighted by molar-refractivity contribution is -0.118. The van der Waals surface area contributed by atoms with Crippen LogP contribution < -0.4 is 20.1 Å². The van der Waals surface area contributed by atoms with Gasteiger partial charge in [-0.3, -0.25) is 9.59 Å². The summed E-state index contributed by atoms with van der Waals surface area (Å²) in [6.45, 7) is 3.80. The molecule has 1 aliphatic rings. The predicted octanol–water partition coefficient (Wildman–Crippen LogP) is 2.45. The van der Waals surface area contributed by atoms with Gasteiger partial charge in [0.2, 0.25) is 5.88 Å². The quantitative estimate of drug-likeness (QED) is 0.900. The smallest absolute Gasteiger partial charge is 0.262 e. The van der Waals surface area contributed by atoms with Crippen molar-refractivity contribution >= 4 is 23.2 Å². The summed E-state index contributed by atoms with van der Waals surface area (Å²) in [6.07, 6.45) is 1.47. The second-order valence-electron chi connectivity index (χ2n) is 5.55. The number of nitrogens with one attached hydrogen (secondary N) is 2. The number of hydrogen-bond donors (Lipinski definition) is 2. The minimum Gasteiger partial charge on any atom is -0.482 e. The Bertz CT molecular complexity index is 772. The zero-order chi connectivity index (χ0) is 17.1. The molecule has 2 amide bonds. The van der Waals surface area contributed by atoms with E-state index < -0.39 is 0 Å². The molecule has 1 aliphatic heterocycles. The van der Waals surface area contributed by atoms with E-state index in [4.69, 9.17) is 9.47 Å². The van der Waals surface area contributed by atoms with Crippen LogP contribution in [0.4, 0.5) is 11.4 Å². The Morgan fingerprint density at radius 2 is 2.17 bits per heavy atom. The van der Waals surface area contributed by atoms with Crippen LogP contribution in [0.25, 0.3) is 0 Å². The molecular weight excluding hydrogens is 310 g/mol. The molecule has 2 heterocycles. The number of benzene rings is 1. The Morgan fingerprint density at radius 1 is 1.33 bits per heavy atom. The van der Waals surface area contributed by atoms with E-state index in [1.54, 1.807) is 30.3 Å². The number of amides is 2. The minimum absolute atomic E-state index is 0.00479. The first-order chi connectivity index (χ1) is 11.5. The average molecular weight is 327 g/mol. The van der Waals surface area contributed by atoms with Crippen molar-refractivity contribution < 1.29 is 19.1 Å². The summed E-state index contributed by atoms with van der Waals surface area (Å²) in [5.41, 5.74) is 1.49. The molecule has 0 fully saturated rings. The maximum absolute atomic E-state index is 12.3. The number of carbonyl (C=O) groups is 2. The first-order valence-electron chi connectivity index (χ1n) is 7.52. The molecule has 0 aliphatic carbocycles. The lowest BCUT2D eigenvalue weighted by Gasteiger charge is -2.18. The molecule has 0 bridgehead atoms. The fourth-order valence-electron chi connectivity index (χ4n) is 2.19. The van der Waals surface area contributed by atoms with Crippen molar-refractivity contribution in [3.8, 4) is 11.6 Å². The van der Waals surface area contributed by atoms with Gasteiger partial charge >= 0.3 is 0 Å². The summed E-state index contributed by atoms with van der Waals surface area (Å²) in [5.74, 6) is 0.511. The van der Waals surface area contributed by atoms with Crippen LogP contribution in [-0.2, 0) is 4.79 Å². The van der Waals surface area contributed by atoms with E-state index in [1.165, 1.54) is 6.20 Å². The number of nitrogens with zero attached hydrogens (tertiary/aromatic N) is 1. The Hall–Kier alpha value is -3.09. The molecule has 0 unspecified atom stereocenters. The highest BCUT2D eigenvalue weighted by molar-refractivity contribution is 6.05. The zero-order valence-electron chi connectivity index (χ0n) is 13.3. The number of aromatic nitrogens is 1. The molecule has 2 aromatic rings. The number of hydrogen-bond acceptors (Lipinski definition) is 5. The van der Waals surface area contributed by atoms with Gasteiger partial charge in [-0.25, -0.2) is 4.98 Å². The SMILES string of the molecule is CC(C)Oc1ccc(C(=O)Nc2ccc3c(c2)NC(=O)CO3)cn1. The monoisotopic (exact) mass is 327 g/mol. The number of carbonyl (C=O) groups excluding carboxylic acids is 2. The van der Waals surface area contributed by atoms with Crippen LogP contribution >= 0.6 is 0 Å². The second kappa shape index (κ2) is 6.57. The first kappa shape index (κ1) is 15.8. The number of fused-ring (bicyclic) bond motifs is 1. The van der Waals surface area contributed by atoms with E-state index in [0.717, 1.165) is 0 Å². The van der Waals surface area contributed by atoms with Crippen LogP contribution in [0.15, 0.2) is 36.5 Å². The number of anilines is 2. The highest BCUT2D eigenvalue weighted by Crippen LogP contribution is 2.30. The minimum atomic E-state index is -0.304. The van der Waals surface area contributed by atoms with Gasteiger partial charge in [0.25, 0.3) is 11.8 Å². The van der Waals surface area contributed by atoms with E-state index in [2.05, 4.69) is 15.6 Å². The first-order valence-corrected chi connectivity index (χ1v) is 7.52. The van der Waals surface area contributed by atoms with Gasteiger partial charge in [0.05, 0.1) is 17.4 Å². The lowest BCUT2D eigenvalue weighted by Crippen LogP contribution is -2.25. The average Bonchev–Trinajstić information content (AvgIpc) is 2.54.